The third-order valence-corrected chi connectivity index (χ3v) is 2.68. The fourth-order valence-electron chi connectivity index (χ4n) is 1.77. The Kier molecular flexibility index (Phi) is 2.93. The number of aromatic nitrogens is 2. The molecule has 0 saturated carbocycles. The number of rotatable bonds is 2. The summed E-state index contributed by atoms with van der Waals surface area (Å²) in [7, 11) is 1.56. The minimum atomic E-state index is -0.447. The van der Waals surface area contributed by atoms with Crippen LogP contribution in [0.15, 0.2) is 15.8 Å². The van der Waals surface area contributed by atoms with Crippen molar-refractivity contribution in [1.29, 1.82) is 0 Å². The van der Waals surface area contributed by atoms with E-state index in [-0.39, 0.29) is 18.1 Å². The minimum absolute atomic E-state index is 0.274. The van der Waals surface area contributed by atoms with Crippen LogP contribution in [0.5, 0.6) is 0 Å². The number of hydrogen-bond acceptors (Lipinski definition) is 4. The van der Waals surface area contributed by atoms with Gasteiger partial charge in [-0.2, -0.15) is 0 Å². The third-order valence-electron chi connectivity index (χ3n) is 2.68. The standard InChI is InChI=1S/C10H14N2O4/c1-6-5-12(10(14)11-9(6)13)7-3-4-8(15-2)16-7/h5,7-8H,3-4H2,1-2H3,(H,11,13,14)/t7?,8-/m0/s1. The van der Waals surface area contributed by atoms with Crippen molar-refractivity contribution in [2.45, 2.75) is 32.3 Å². The zero-order valence-electron chi connectivity index (χ0n) is 9.23. The van der Waals surface area contributed by atoms with Crippen molar-refractivity contribution in [2.24, 2.45) is 0 Å². The smallest absolute Gasteiger partial charge is 0.330 e. The summed E-state index contributed by atoms with van der Waals surface area (Å²) in [5.74, 6) is 0. The molecule has 1 aliphatic rings. The molecule has 1 N–H and O–H groups in total. The summed E-state index contributed by atoms with van der Waals surface area (Å²) in [5, 5.41) is 0. The Morgan fingerprint density at radius 3 is 2.88 bits per heavy atom. The van der Waals surface area contributed by atoms with Gasteiger partial charge in [0.25, 0.3) is 5.56 Å². The van der Waals surface area contributed by atoms with Crippen molar-refractivity contribution >= 4 is 0 Å². The van der Waals surface area contributed by atoms with Gasteiger partial charge in [0, 0.05) is 25.3 Å². The second kappa shape index (κ2) is 4.23. The largest absolute Gasteiger partial charge is 0.356 e. The van der Waals surface area contributed by atoms with E-state index in [1.807, 2.05) is 0 Å². The number of methoxy groups -OCH3 is 1. The van der Waals surface area contributed by atoms with Gasteiger partial charge in [-0.1, -0.05) is 0 Å². The SMILES string of the molecule is CO[C@@H]1CCC(n2cc(C)c(=O)[nH]c2=O)O1. The van der Waals surface area contributed by atoms with Gasteiger partial charge >= 0.3 is 5.69 Å². The number of H-pyrrole nitrogens is 1. The number of nitrogens with zero attached hydrogens (tertiary/aromatic N) is 1. The molecule has 1 aliphatic heterocycles. The Morgan fingerprint density at radius 1 is 1.50 bits per heavy atom. The first-order valence-corrected chi connectivity index (χ1v) is 5.12. The van der Waals surface area contributed by atoms with Gasteiger partial charge in [-0.3, -0.25) is 14.3 Å². The van der Waals surface area contributed by atoms with E-state index in [2.05, 4.69) is 4.98 Å². The third kappa shape index (κ3) is 1.94. The second-order valence-corrected chi connectivity index (χ2v) is 3.81. The van der Waals surface area contributed by atoms with Gasteiger partial charge in [0.2, 0.25) is 0 Å². The van der Waals surface area contributed by atoms with Gasteiger partial charge in [-0.25, -0.2) is 4.79 Å². The van der Waals surface area contributed by atoms with E-state index in [0.717, 1.165) is 6.42 Å². The van der Waals surface area contributed by atoms with Crippen LogP contribution in [0, 0.1) is 6.92 Å². The molecule has 6 heteroatoms. The van der Waals surface area contributed by atoms with E-state index in [1.54, 1.807) is 14.0 Å². The van der Waals surface area contributed by atoms with Crippen LogP contribution in [-0.4, -0.2) is 23.0 Å². The summed E-state index contributed by atoms with van der Waals surface area (Å²) in [6.45, 7) is 1.65. The predicted octanol–water partition coefficient (Wildman–Crippen LogP) is 0.127. The van der Waals surface area contributed by atoms with Gasteiger partial charge in [0.1, 0.15) is 6.23 Å². The molecule has 6 nitrogen and oxygen atoms in total. The minimum Gasteiger partial charge on any atom is -0.356 e. The van der Waals surface area contributed by atoms with Gasteiger partial charge < -0.3 is 9.47 Å². The van der Waals surface area contributed by atoms with Crippen LogP contribution in [0.25, 0.3) is 0 Å². The first-order valence-electron chi connectivity index (χ1n) is 5.12. The number of hydrogen-bond donors (Lipinski definition) is 1. The van der Waals surface area contributed by atoms with Crippen LogP contribution in [0.4, 0.5) is 0 Å². The topological polar surface area (TPSA) is 73.3 Å². The normalized spacial score (nSPS) is 24.9. The Balaban J connectivity index is 2.32. The summed E-state index contributed by atoms with van der Waals surface area (Å²) < 4.78 is 11.9. The quantitative estimate of drug-likeness (QED) is 0.777. The van der Waals surface area contributed by atoms with E-state index in [4.69, 9.17) is 9.47 Å². The average molecular weight is 226 g/mol. The summed E-state index contributed by atoms with van der Waals surface area (Å²) in [6, 6.07) is 0. The Hall–Kier alpha value is -1.40. The molecule has 0 radical (unpaired) electrons. The Bertz CT molecular complexity index is 490. The molecule has 0 amide bonds. The monoisotopic (exact) mass is 226 g/mol. The molecule has 2 atom stereocenters. The molecule has 1 saturated heterocycles. The van der Waals surface area contributed by atoms with Crippen LogP contribution < -0.4 is 11.2 Å². The zero-order chi connectivity index (χ0) is 11.7. The maximum atomic E-state index is 11.6. The van der Waals surface area contributed by atoms with Crippen molar-refractivity contribution in [3.63, 3.8) is 0 Å². The molecule has 1 fully saturated rings. The molecule has 1 unspecified atom stereocenters. The number of nitrogens with one attached hydrogen (secondary N) is 1. The molecule has 0 bridgehead atoms. The average Bonchev–Trinajstić information content (AvgIpc) is 2.71. The molecule has 0 spiro atoms. The van der Waals surface area contributed by atoms with Crippen LogP contribution in [0.2, 0.25) is 0 Å². The molecule has 1 aromatic heterocycles. The Labute approximate surface area is 91.8 Å². The highest BCUT2D eigenvalue weighted by Crippen LogP contribution is 2.26. The highest BCUT2D eigenvalue weighted by atomic mass is 16.7. The molecule has 1 aromatic rings. The summed E-state index contributed by atoms with van der Waals surface area (Å²) in [6.07, 6.45) is 2.33. The van der Waals surface area contributed by atoms with Gasteiger partial charge in [0.05, 0.1) is 0 Å². The molecular weight excluding hydrogens is 212 g/mol. The first-order chi connectivity index (χ1) is 7.61. The first kappa shape index (κ1) is 11.1. The lowest BCUT2D eigenvalue weighted by Gasteiger charge is -2.14. The molecule has 2 rings (SSSR count). The van der Waals surface area contributed by atoms with Crippen molar-refractivity contribution < 1.29 is 9.47 Å². The van der Waals surface area contributed by atoms with Crippen LogP contribution in [-0.2, 0) is 9.47 Å². The summed E-state index contributed by atoms with van der Waals surface area (Å²) in [5.41, 5.74) is -0.316. The lowest BCUT2D eigenvalue weighted by atomic mass is 10.3. The maximum absolute atomic E-state index is 11.6. The van der Waals surface area contributed by atoms with Crippen LogP contribution in [0.1, 0.15) is 24.6 Å². The predicted molar refractivity (Wildman–Crippen MR) is 56.2 cm³/mol. The number of ether oxygens (including phenoxy) is 2. The molecule has 0 aromatic carbocycles. The molecule has 88 valence electrons. The summed E-state index contributed by atoms with van der Waals surface area (Å²) >= 11 is 0. The van der Waals surface area contributed by atoms with Gasteiger partial charge in [0.15, 0.2) is 6.29 Å². The molecule has 2 heterocycles. The lowest BCUT2D eigenvalue weighted by molar-refractivity contribution is -0.134. The van der Waals surface area contributed by atoms with Gasteiger partial charge in [-0.05, 0) is 13.3 Å². The molecular formula is C10H14N2O4. The molecule has 0 aliphatic carbocycles. The fraction of sp³-hybridized carbons (Fsp3) is 0.600. The Morgan fingerprint density at radius 2 is 2.25 bits per heavy atom. The zero-order valence-corrected chi connectivity index (χ0v) is 9.23. The molecule has 16 heavy (non-hydrogen) atoms. The maximum Gasteiger partial charge on any atom is 0.330 e. The van der Waals surface area contributed by atoms with E-state index in [1.165, 1.54) is 10.8 Å². The van der Waals surface area contributed by atoms with E-state index >= 15 is 0 Å². The van der Waals surface area contributed by atoms with Crippen molar-refractivity contribution in [1.82, 2.24) is 9.55 Å². The van der Waals surface area contributed by atoms with Crippen molar-refractivity contribution in [3.8, 4) is 0 Å². The lowest BCUT2D eigenvalue weighted by Crippen LogP contribution is -2.33. The van der Waals surface area contributed by atoms with E-state index < -0.39 is 5.69 Å². The van der Waals surface area contributed by atoms with E-state index in [9.17, 15) is 9.59 Å². The van der Waals surface area contributed by atoms with Gasteiger partial charge in [-0.15, -0.1) is 0 Å². The highest BCUT2D eigenvalue weighted by molar-refractivity contribution is 5.01. The van der Waals surface area contributed by atoms with E-state index in [0.29, 0.717) is 12.0 Å². The second-order valence-electron chi connectivity index (χ2n) is 3.81. The highest BCUT2D eigenvalue weighted by Gasteiger charge is 2.27. The van der Waals surface area contributed by atoms with Crippen LogP contribution >= 0.6 is 0 Å². The van der Waals surface area contributed by atoms with Crippen molar-refractivity contribution in [2.75, 3.05) is 7.11 Å². The number of aryl methyl sites for hydroxylation is 1. The van der Waals surface area contributed by atoms with Crippen molar-refractivity contribution in [3.05, 3.63) is 32.6 Å². The number of aromatic amines is 1. The fourth-order valence-corrected chi connectivity index (χ4v) is 1.77. The van der Waals surface area contributed by atoms with Crippen LogP contribution in [0.3, 0.4) is 0 Å². The summed E-state index contributed by atoms with van der Waals surface area (Å²) in [4.78, 5) is 25.0.